The van der Waals surface area contributed by atoms with Crippen LogP contribution < -0.4 is 11.1 Å². The summed E-state index contributed by atoms with van der Waals surface area (Å²) in [7, 11) is 0. The highest BCUT2D eigenvalue weighted by Crippen LogP contribution is 2.29. The van der Waals surface area contributed by atoms with E-state index in [1.165, 1.54) is 12.8 Å². The summed E-state index contributed by atoms with van der Waals surface area (Å²) < 4.78 is 0. The van der Waals surface area contributed by atoms with E-state index in [0.717, 1.165) is 32.0 Å². The average molecular weight is 267 g/mol. The van der Waals surface area contributed by atoms with Crippen LogP contribution in [0.2, 0.25) is 0 Å². The van der Waals surface area contributed by atoms with E-state index in [4.69, 9.17) is 5.73 Å². The lowest BCUT2D eigenvalue weighted by atomic mass is 9.85. The number of carbonyl (C=O) groups is 1. The smallest absolute Gasteiger partial charge is 0.221 e. The third-order valence-electron chi connectivity index (χ3n) is 4.48. The number of amides is 1. The van der Waals surface area contributed by atoms with E-state index in [1.54, 1.807) is 0 Å². The first-order chi connectivity index (χ1) is 8.86. The minimum absolute atomic E-state index is 0.00726. The molecule has 0 aromatic heterocycles. The number of hydrogen-bond acceptors (Lipinski definition) is 3. The molecule has 2 rings (SSSR count). The molecule has 2 aliphatic rings. The number of rotatable bonds is 4. The SMILES string of the molecule is CC(C)(C)C(N)CC(=O)NC1CCN(C2CC2)CC1. The van der Waals surface area contributed by atoms with Crippen LogP contribution in [0.5, 0.6) is 0 Å². The summed E-state index contributed by atoms with van der Waals surface area (Å²) in [6, 6.07) is 1.14. The molecule has 0 spiro atoms. The molecule has 4 heteroatoms. The number of likely N-dealkylation sites (tertiary alicyclic amines) is 1. The molecule has 110 valence electrons. The number of nitrogens with one attached hydrogen (secondary N) is 1. The molecule has 1 heterocycles. The van der Waals surface area contributed by atoms with Gasteiger partial charge in [0, 0.05) is 37.6 Å². The summed E-state index contributed by atoms with van der Waals surface area (Å²) in [5.74, 6) is 0.118. The van der Waals surface area contributed by atoms with Gasteiger partial charge in [0.1, 0.15) is 0 Å². The highest BCUT2D eigenvalue weighted by atomic mass is 16.1. The fraction of sp³-hybridized carbons (Fsp3) is 0.933. The molecule has 0 aromatic rings. The lowest BCUT2D eigenvalue weighted by molar-refractivity contribution is -0.123. The van der Waals surface area contributed by atoms with Crippen molar-refractivity contribution < 1.29 is 4.79 Å². The molecule has 1 aliphatic heterocycles. The molecule has 0 aromatic carbocycles. The Labute approximate surface area is 117 Å². The molecule has 2 fully saturated rings. The van der Waals surface area contributed by atoms with E-state index in [1.807, 2.05) is 0 Å². The predicted octanol–water partition coefficient (Wildman–Crippen LogP) is 1.49. The summed E-state index contributed by atoms with van der Waals surface area (Å²) in [5.41, 5.74) is 6.05. The van der Waals surface area contributed by atoms with Crippen LogP contribution in [0.4, 0.5) is 0 Å². The molecular formula is C15H29N3O. The second kappa shape index (κ2) is 5.80. The van der Waals surface area contributed by atoms with Crippen LogP contribution in [-0.4, -0.2) is 42.0 Å². The molecule has 0 radical (unpaired) electrons. The van der Waals surface area contributed by atoms with Gasteiger partial charge in [-0.25, -0.2) is 0 Å². The standard InChI is InChI=1S/C15H29N3O/c1-15(2,3)13(16)10-14(19)17-11-6-8-18(9-7-11)12-4-5-12/h11-13H,4-10,16H2,1-3H3,(H,17,19). The van der Waals surface area contributed by atoms with Crippen molar-refractivity contribution in [3.05, 3.63) is 0 Å². The van der Waals surface area contributed by atoms with Crippen molar-refractivity contribution in [1.82, 2.24) is 10.2 Å². The molecule has 1 atom stereocenters. The second-order valence-electron chi connectivity index (χ2n) is 7.29. The third-order valence-corrected chi connectivity index (χ3v) is 4.48. The van der Waals surface area contributed by atoms with E-state index in [-0.39, 0.29) is 17.4 Å². The van der Waals surface area contributed by atoms with Gasteiger partial charge in [0.2, 0.25) is 5.91 Å². The maximum atomic E-state index is 12.0. The second-order valence-corrected chi connectivity index (χ2v) is 7.29. The van der Waals surface area contributed by atoms with Gasteiger partial charge in [-0.2, -0.15) is 0 Å². The molecule has 1 unspecified atom stereocenters. The van der Waals surface area contributed by atoms with E-state index in [9.17, 15) is 4.79 Å². The zero-order valence-electron chi connectivity index (χ0n) is 12.6. The number of nitrogens with two attached hydrogens (primary N) is 1. The minimum Gasteiger partial charge on any atom is -0.353 e. The zero-order chi connectivity index (χ0) is 14.0. The summed E-state index contributed by atoms with van der Waals surface area (Å²) in [6.45, 7) is 8.53. The average Bonchev–Trinajstić information content (AvgIpc) is 3.12. The van der Waals surface area contributed by atoms with Crippen molar-refractivity contribution >= 4 is 5.91 Å². The van der Waals surface area contributed by atoms with Gasteiger partial charge >= 0.3 is 0 Å². The fourth-order valence-electron chi connectivity index (χ4n) is 2.64. The Morgan fingerprint density at radius 2 is 1.84 bits per heavy atom. The van der Waals surface area contributed by atoms with Crippen molar-refractivity contribution in [2.75, 3.05) is 13.1 Å². The summed E-state index contributed by atoms with van der Waals surface area (Å²) in [4.78, 5) is 14.6. The zero-order valence-corrected chi connectivity index (χ0v) is 12.6. The van der Waals surface area contributed by atoms with E-state index in [0.29, 0.717) is 12.5 Å². The number of piperidine rings is 1. The summed E-state index contributed by atoms with van der Waals surface area (Å²) >= 11 is 0. The van der Waals surface area contributed by atoms with E-state index < -0.39 is 0 Å². The van der Waals surface area contributed by atoms with Crippen LogP contribution in [-0.2, 0) is 4.79 Å². The molecule has 1 saturated heterocycles. The topological polar surface area (TPSA) is 58.4 Å². The van der Waals surface area contributed by atoms with Crippen molar-refractivity contribution in [1.29, 1.82) is 0 Å². The monoisotopic (exact) mass is 267 g/mol. The predicted molar refractivity (Wildman–Crippen MR) is 77.8 cm³/mol. The first-order valence-electron chi connectivity index (χ1n) is 7.65. The highest BCUT2D eigenvalue weighted by molar-refractivity contribution is 5.77. The molecule has 1 aliphatic carbocycles. The maximum absolute atomic E-state index is 12.0. The number of hydrogen-bond donors (Lipinski definition) is 2. The van der Waals surface area contributed by atoms with Gasteiger partial charge in [0.05, 0.1) is 0 Å². The van der Waals surface area contributed by atoms with Crippen molar-refractivity contribution in [3.63, 3.8) is 0 Å². The quantitative estimate of drug-likeness (QED) is 0.811. The molecule has 4 nitrogen and oxygen atoms in total. The molecule has 1 amide bonds. The summed E-state index contributed by atoms with van der Waals surface area (Å²) in [5, 5.41) is 3.16. The molecular weight excluding hydrogens is 238 g/mol. The Hall–Kier alpha value is -0.610. The number of carbonyl (C=O) groups excluding carboxylic acids is 1. The highest BCUT2D eigenvalue weighted by Gasteiger charge is 2.32. The lowest BCUT2D eigenvalue weighted by Gasteiger charge is -2.33. The van der Waals surface area contributed by atoms with Crippen molar-refractivity contribution in [2.45, 2.75) is 71.0 Å². The van der Waals surface area contributed by atoms with Gasteiger partial charge in [-0.15, -0.1) is 0 Å². The first-order valence-corrected chi connectivity index (χ1v) is 7.65. The molecule has 1 saturated carbocycles. The van der Waals surface area contributed by atoms with Crippen LogP contribution in [0.1, 0.15) is 52.9 Å². The minimum atomic E-state index is -0.0703. The van der Waals surface area contributed by atoms with Gasteiger partial charge in [0.15, 0.2) is 0 Å². The van der Waals surface area contributed by atoms with E-state index >= 15 is 0 Å². The number of nitrogens with zero attached hydrogens (tertiary/aromatic N) is 1. The Bertz CT molecular complexity index is 312. The van der Waals surface area contributed by atoms with Crippen LogP contribution >= 0.6 is 0 Å². The Kier molecular flexibility index (Phi) is 4.51. The normalized spacial score (nSPS) is 24.2. The van der Waals surface area contributed by atoms with Crippen LogP contribution in [0.15, 0.2) is 0 Å². The van der Waals surface area contributed by atoms with Crippen LogP contribution in [0.3, 0.4) is 0 Å². The fourth-order valence-corrected chi connectivity index (χ4v) is 2.64. The van der Waals surface area contributed by atoms with Crippen LogP contribution in [0, 0.1) is 5.41 Å². The first kappa shape index (κ1) is 14.8. The third kappa shape index (κ3) is 4.46. The van der Waals surface area contributed by atoms with Gasteiger partial charge in [0.25, 0.3) is 0 Å². The van der Waals surface area contributed by atoms with Crippen LogP contribution in [0.25, 0.3) is 0 Å². The van der Waals surface area contributed by atoms with Crippen molar-refractivity contribution in [3.8, 4) is 0 Å². The maximum Gasteiger partial charge on any atom is 0.221 e. The van der Waals surface area contributed by atoms with Gasteiger partial charge in [-0.3, -0.25) is 4.79 Å². The largest absolute Gasteiger partial charge is 0.353 e. The Morgan fingerprint density at radius 1 is 1.26 bits per heavy atom. The Balaban J connectivity index is 1.68. The summed E-state index contributed by atoms with van der Waals surface area (Å²) in [6.07, 6.45) is 5.36. The van der Waals surface area contributed by atoms with Gasteiger partial charge < -0.3 is 16.0 Å². The van der Waals surface area contributed by atoms with Crippen molar-refractivity contribution in [2.24, 2.45) is 11.1 Å². The molecule has 3 N–H and O–H groups in total. The van der Waals surface area contributed by atoms with Gasteiger partial charge in [-0.05, 0) is 31.1 Å². The Morgan fingerprint density at radius 3 is 2.32 bits per heavy atom. The van der Waals surface area contributed by atoms with Gasteiger partial charge in [-0.1, -0.05) is 20.8 Å². The molecule has 19 heavy (non-hydrogen) atoms. The molecule has 0 bridgehead atoms. The lowest BCUT2D eigenvalue weighted by Crippen LogP contribution is -2.47. The van der Waals surface area contributed by atoms with E-state index in [2.05, 4.69) is 31.0 Å².